The number of nitrogens with one attached hydrogen (secondary N) is 1. The average Bonchev–Trinajstić information content (AvgIpc) is 2.64. The number of rotatable bonds is 1. The van der Waals surface area contributed by atoms with Crippen LogP contribution in [0.2, 0.25) is 0 Å². The highest BCUT2D eigenvalue weighted by atomic mass is 32.1. The van der Waals surface area contributed by atoms with Crippen LogP contribution in [0.15, 0.2) is 18.2 Å². The van der Waals surface area contributed by atoms with E-state index in [1.54, 1.807) is 18.4 Å². The molecule has 2 aromatic rings. The number of hydrogen-bond donors (Lipinski definition) is 1. The Hall–Kier alpha value is -1.55. The van der Waals surface area contributed by atoms with E-state index in [9.17, 15) is 0 Å². The van der Waals surface area contributed by atoms with E-state index < -0.39 is 0 Å². The number of benzene rings is 1. The molecule has 3 nitrogen and oxygen atoms in total. The lowest BCUT2D eigenvalue weighted by atomic mass is 10.0. The first kappa shape index (κ1) is 9.66. The van der Waals surface area contributed by atoms with Crippen molar-refractivity contribution < 1.29 is 4.74 Å². The topological polar surface area (TPSA) is 34.1 Å². The highest BCUT2D eigenvalue weighted by molar-refractivity contribution is 7.15. The van der Waals surface area contributed by atoms with Crippen molar-refractivity contribution in [3.05, 3.63) is 34.5 Å². The van der Waals surface area contributed by atoms with E-state index in [0.29, 0.717) is 0 Å². The Kier molecular flexibility index (Phi) is 2.11. The predicted octanol–water partition coefficient (Wildman–Crippen LogP) is 3.11. The summed E-state index contributed by atoms with van der Waals surface area (Å²) < 4.78 is 5.23. The molecule has 1 N–H and O–H groups in total. The lowest BCUT2D eigenvalue weighted by molar-refractivity contribution is 0.414. The van der Waals surface area contributed by atoms with E-state index in [0.717, 1.165) is 28.6 Å². The number of ether oxygens (including phenoxy) is 1. The summed E-state index contributed by atoms with van der Waals surface area (Å²) in [5.74, 6) is 0.899. The minimum atomic E-state index is 0.888. The van der Waals surface area contributed by atoms with Gasteiger partial charge in [-0.3, -0.25) is 0 Å². The first-order valence-corrected chi connectivity index (χ1v) is 5.98. The van der Waals surface area contributed by atoms with Crippen LogP contribution in [0.1, 0.15) is 16.3 Å². The monoisotopic (exact) mass is 232 g/mol. The van der Waals surface area contributed by atoms with Gasteiger partial charge >= 0.3 is 0 Å². The number of thiazole rings is 1. The number of hydrogen-bond acceptors (Lipinski definition) is 4. The van der Waals surface area contributed by atoms with Gasteiger partial charge in [0.15, 0.2) is 0 Å². The highest BCUT2D eigenvalue weighted by Gasteiger charge is 2.18. The molecule has 0 aliphatic carbocycles. The Morgan fingerprint density at radius 3 is 3.12 bits per heavy atom. The van der Waals surface area contributed by atoms with Crippen molar-refractivity contribution in [3.8, 4) is 5.75 Å². The van der Waals surface area contributed by atoms with Gasteiger partial charge in [0.1, 0.15) is 10.8 Å². The van der Waals surface area contributed by atoms with Crippen LogP contribution in [0.25, 0.3) is 0 Å². The second-order valence-electron chi connectivity index (χ2n) is 3.83. The van der Waals surface area contributed by atoms with Crippen molar-refractivity contribution in [2.45, 2.75) is 13.3 Å². The molecule has 0 spiro atoms. The van der Waals surface area contributed by atoms with E-state index in [2.05, 4.69) is 22.4 Å². The summed E-state index contributed by atoms with van der Waals surface area (Å²) in [4.78, 5) is 4.52. The van der Waals surface area contributed by atoms with Crippen LogP contribution in [-0.2, 0) is 6.42 Å². The molecule has 0 saturated heterocycles. The van der Waals surface area contributed by atoms with Crippen molar-refractivity contribution in [2.75, 3.05) is 12.4 Å². The summed E-state index contributed by atoms with van der Waals surface area (Å²) in [7, 11) is 1.69. The normalized spacial score (nSPS) is 12.6. The number of methoxy groups -OCH3 is 1. The van der Waals surface area contributed by atoms with E-state index in [4.69, 9.17) is 4.74 Å². The van der Waals surface area contributed by atoms with Crippen LogP contribution < -0.4 is 10.1 Å². The third kappa shape index (κ3) is 1.46. The molecule has 1 aromatic carbocycles. The summed E-state index contributed by atoms with van der Waals surface area (Å²) in [5.41, 5.74) is 3.55. The Balaban J connectivity index is 2.04. The average molecular weight is 232 g/mol. The summed E-state index contributed by atoms with van der Waals surface area (Å²) in [6, 6.07) is 6.11. The minimum absolute atomic E-state index is 0.888. The van der Waals surface area contributed by atoms with Gasteiger partial charge in [-0.25, -0.2) is 4.98 Å². The standard InChI is InChI=1S/C12H12N2OS/c1-7-13-11-6-8-5-9(15-2)3-4-10(8)14-12(11)16-7/h3-5,14H,6H2,1-2H3. The number of anilines is 2. The molecule has 1 aliphatic rings. The Morgan fingerprint density at radius 2 is 2.31 bits per heavy atom. The fourth-order valence-electron chi connectivity index (χ4n) is 1.96. The molecular formula is C12H12N2OS. The van der Waals surface area contributed by atoms with Crippen molar-refractivity contribution in [1.82, 2.24) is 4.98 Å². The van der Waals surface area contributed by atoms with Crippen molar-refractivity contribution >= 4 is 22.0 Å². The molecule has 0 atom stereocenters. The summed E-state index contributed by atoms with van der Waals surface area (Å²) in [6.07, 6.45) is 0.888. The quantitative estimate of drug-likeness (QED) is 0.700. The van der Waals surface area contributed by atoms with Gasteiger partial charge in [0.2, 0.25) is 0 Å². The molecule has 16 heavy (non-hydrogen) atoms. The van der Waals surface area contributed by atoms with Crippen molar-refractivity contribution in [3.63, 3.8) is 0 Å². The van der Waals surface area contributed by atoms with Gasteiger partial charge in [-0.1, -0.05) is 0 Å². The number of aromatic nitrogens is 1. The minimum Gasteiger partial charge on any atom is -0.497 e. The SMILES string of the molecule is COc1ccc2c(c1)Cc1nc(C)sc1N2. The van der Waals surface area contributed by atoms with Gasteiger partial charge in [0.25, 0.3) is 0 Å². The molecule has 0 amide bonds. The van der Waals surface area contributed by atoms with Gasteiger partial charge in [-0.15, -0.1) is 11.3 Å². The maximum Gasteiger partial charge on any atom is 0.119 e. The van der Waals surface area contributed by atoms with E-state index in [1.807, 2.05) is 13.0 Å². The lowest BCUT2D eigenvalue weighted by Crippen LogP contribution is -2.05. The Bertz CT molecular complexity index is 548. The zero-order chi connectivity index (χ0) is 11.1. The molecule has 0 unspecified atom stereocenters. The second kappa shape index (κ2) is 3.49. The first-order chi connectivity index (χ1) is 7.76. The fraction of sp³-hybridized carbons (Fsp3) is 0.250. The Morgan fingerprint density at radius 1 is 1.44 bits per heavy atom. The molecule has 1 aliphatic heterocycles. The van der Waals surface area contributed by atoms with Crippen molar-refractivity contribution in [2.24, 2.45) is 0 Å². The first-order valence-electron chi connectivity index (χ1n) is 5.16. The number of nitrogens with zero attached hydrogens (tertiary/aromatic N) is 1. The molecule has 1 aromatic heterocycles. The van der Waals surface area contributed by atoms with Crippen LogP contribution >= 0.6 is 11.3 Å². The van der Waals surface area contributed by atoms with Crippen LogP contribution in [0.4, 0.5) is 10.7 Å². The number of fused-ring (bicyclic) bond motifs is 2. The third-order valence-corrected chi connectivity index (χ3v) is 3.65. The zero-order valence-corrected chi connectivity index (χ0v) is 10.0. The van der Waals surface area contributed by atoms with E-state index in [-0.39, 0.29) is 0 Å². The molecule has 0 saturated carbocycles. The van der Waals surface area contributed by atoms with Gasteiger partial charge in [0.05, 0.1) is 17.8 Å². The highest BCUT2D eigenvalue weighted by Crippen LogP contribution is 2.37. The van der Waals surface area contributed by atoms with Crippen LogP contribution in [0.5, 0.6) is 5.75 Å². The Labute approximate surface area is 98.1 Å². The smallest absolute Gasteiger partial charge is 0.119 e. The molecule has 2 heterocycles. The molecule has 0 fully saturated rings. The lowest BCUT2D eigenvalue weighted by Gasteiger charge is -2.17. The van der Waals surface area contributed by atoms with E-state index >= 15 is 0 Å². The van der Waals surface area contributed by atoms with Gasteiger partial charge < -0.3 is 10.1 Å². The second-order valence-corrected chi connectivity index (χ2v) is 5.04. The van der Waals surface area contributed by atoms with Crippen LogP contribution in [0.3, 0.4) is 0 Å². The summed E-state index contributed by atoms with van der Waals surface area (Å²) in [6.45, 7) is 2.04. The number of aryl methyl sites for hydroxylation is 1. The maximum atomic E-state index is 5.23. The molecule has 4 heteroatoms. The van der Waals surface area contributed by atoms with Gasteiger partial charge in [-0.2, -0.15) is 0 Å². The zero-order valence-electron chi connectivity index (χ0n) is 9.20. The van der Waals surface area contributed by atoms with Crippen LogP contribution in [0, 0.1) is 6.92 Å². The fourth-order valence-corrected chi connectivity index (χ4v) is 2.80. The molecule has 3 rings (SSSR count). The van der Waals surface area contributed by atoms with Crippen molar-refractivity contribution in [1.29, 1.82) is 0 Å². The van der Waals surface area contributed by atoms with Gasteiger partial charge in [-0.05, 0) is 30.7 Å². The molecule has 82 valence electrons. The molecule has 0 bridgehead atoms. The van der Waals surface area contributed by atoms with E-state index in [1.165, 1.54) is 10.6 Å². The third-order valence-electron chi connectivity index (χ3n) is 2.72. The molecular weight excluding hydrogens is 220 g/mol. The molecule has 0 radical (unpaired) electrons. The van der Waals surface area contributed by atoms with Gasteiger partial charge in [0, 0.05) is 12.1 Å². The summed E-state index contributed by atoms with van der Waals surface area (Å²) >= 11 is 1.71. The maximum absolute atomic E-state index is 5.23. The predicted molar refractivity (Wildman–Crippen MR) is 65.9 cm³/mol. The summed E-state index contributed by atoms with van der Waals surface area (Å²) in [5, 5.41) is 5.70. The largest absolute Gasteiger partial charge is 0.497 e. The van der Waals surface area contributed by atoms with Crippen LogP contribution in [-0.4, -0.2) is 12.1 Å².